The number of hydrogen-bond acceptors (Lipinski definition) is 3. The van der Waals surface area contributed by atoms with Crippen molar-refractivity contribution in [3.05, 3.63) is 23.9 Å². The van der Waals surface area contributed by atoms with Crippen LogP contribution in [0.1, 0.15) is 56.3 Å². The molecule has 4 heteroatoms. The van der Waals surface area contributed by atoms with E-state index in [0.717, 1.165) is 12.2 Å². The minimum absolute atomic E-state index is 0.0170. The summed E-state index contributed by atoms with van der Waals surface area (Å²) in [6, 6.07) is 4.11. The SMILES string of the molecule is CCCCCCC(C)Nc1ccc(C(=O)N(C)C)cn1. The van der Waals surface area contributed by atoms with E-state index in [2.05, 4.69) is 24.1 Å². The molecule has 0 fully saturated rings. The van der Waals surface area contributed by atoms with Gasteiger partial charge in [0.15, 0.2) is 0 Å². The summed E-state index contributed by atoms with van der Waals surface area (Å²) in [6.07, 6.45) is 7.91. The molecule has 0 bridgehead atoms. The van der Waals surface area contributed by atoms with Crippen molar-refractivity contribution in [3.63, 3.8) is 0 Å². The van der Waals surface area contributed by atoms with E-state index in [1.54, 1.807) is 25.2 Å². The molecule has 0 radical (unpaired) electrons. The van der Waals surface area contributed by atoms with Crippen LogP contribution in [0.4, 0.5) is 5.82 Å². The summed E-state index contributed by atoms with van der Waals surface area (Å²) < 4.78 is 0. The molecule has 112 valence electrons. The number of nitrogens with zero attached hydrogens (tertiary/aromatic N) is 2. The van der Waals surface area contributed by atoms with Crippen LogP contribution in [0.5, 0.6) is 0 Å². The van der Waals surface area contributed by atoms with Gasteiger partial charge in [0.1, 0.15) is 5.82 Å². The molecule has 1 heterocycles. The van der Waals surface area contributed by atoms with Crippen molar-refractivity contribution >= 4 is 11.7 Å². The second-order valence-corrected chi connectivity index (χ2v) is 5.53. The van der Waals surface area contributed by atoms with Gasteiger partial charge < -0.3 is 10.2 Å². The Balaban J connectivity index is 2.43. The van der Waals surface area contributed by atoms with Crippen molar-refractivity contribution in [2.45, 2.75) is 52.0 Å². The number of hydrogen-bond donors (Lipinski definition) is 1. The number of anilines is 1. The molecular weight excluding hydrogens is 250 g/mol. The maximum atomic E-state index is 11.7. The summed E-state index contributed by atoms with van der Waals surface area (Å²) in [7, 11) is 3.49. The van der Waals surface area contributed by atoms with Gasteiger partial charge in [-0.2, -0.15) is 0 Å². The van der Waals surface area contributed by atoms with Crippen LogP contribution in [-0.4, -0.2) is 35.9 Å². The molecule has 1 unspecified atom stereocenters. The second kappa shape index (κ2) is 8.56. The van der Waals surface area contributed by atoms with E-state index in [-0.39, 0.29) is 5.91 Å². The minimum Gasteiger partial charge on any atom is -0.368 e. The van der Waals surface area contributed by atoms with E-state index in [1.165, 1.54) is 25.7 Å². The van der Waals surface area contributed by atoms with Crippen molar-refractivity contribution in [3.8, 4) is 0 Å². The molecule has 1 atom stereocenters. The molecule has 1 aromatic heterocycles. The van der Waals surface area contributed by atoms with Crippen molar-refractivity contribution in [2.24, 2.45) is 0 Å². The van der Waals surface area contributed by atoms with E-state index in [1.807, 2.05) is 12.1 Å². The lowest BCUT2D eigenvalue weighted by atomic mass is 10.1. The van der Waals surface area contributed by atoms with Gasteiger partial charge in [-0.25, -0.2) is 4.98 Å². The van der Waals surface area contributed by atoms with Crippen LogP contribution >= 0.6 is 0 Å². The summed E-state index contributed by atoms with van der Waals surface area (Å²) in [6.45, 7) is 4.40. The van der Waals surface area contributed by atoms with Crippen LogP contribution in [0.25, 0.3) is 0 Å². The van der Waals surface area contributed by atoms with Gasteiger partial charge in [-0.15, -0.1) is 0 Å². The van der Waals surface area contributed by atoms with Crippen molar-refractivity contribution in [1.82, 2.24) is 9.88 Å². The number of amides is 1. The van der Waals surface area contributed by atoms with Crippen molar-refractivity contribution in [1.29, 1.82) is 0 Å². The fourth-order valence-corrected chi connectivity index (χ4v) is 2.07. The summed E-state index contributed by atoms with van der Waals surface area (Å²) >= 11 is 0. The number of carbonyl (C=O) groups excluding carboxylic acids is 1. The van der Waals surface area contributed by atoms with Gasteiger partial charge in [0, 0.05) is 26.3 Å². The van der Waals surface area contributed by atoms with Crippen LogP contribution in [0.15, 0.2) is 18.3 Å². The van der Waals surface area contributed by atoms with Crippen LogP contribution in [-0.2, 0) is 0 Å². The van der Waals surface area contributed by atoms with Gasteiger partial charge >= 0.3 is 0 Å². The van der Waals surface area contributed by atoms with Crippen LogP contribution in [0.2, 0.25) is 0 Å². The third kappa shape index (κ3) is 5.59. The van der Waals surface area contributed by atoms with E-state index in [9.17, 15) is 4.79 Å². The first kappa shape index (κ1) is 16.5. The third-order valence-corrected chi connectivity index (χ3v) is 3.30. The van der Waals surface area contributed by atoms with Crippen molar-refractivity contribution in [2.75, 3.05) is 19.4 Å². The van der Waals surface area contributed by atoms with E-state index < -0.39 is 0 Å². The Morgan fingerprint density at radius 2 is 2.05 bits per heavy atom. The molecule has 0 saturated carbocycles. The molecule has 0 spiro atoms. The summed E-state index contributed by atoms with van der Waals surface area (Å²) in [5.74, 6) is 0.819. The largest absolute Gasteiger partial charge is 0.368 e. The zero-order valence-electron chi connectivity index (χ0n) is 13.1. The Labute approximate surface area is 122 Å². The molecule has 0 aliphatic heterocycles. The Morgan fingerprint density at radius 3 is 2.60 bits per heavy atom. The normalized spacial score (nSPS) is 12.0. The molecule has 0 aromatic carbocycles. The summed E-state index contributed by atoms with van der Waals surface area (Å²) in [5, 5.41) is 3.38. The van der Waals surface area contributed by atoms with Crippen LogP contribution in [0, 0.1) is 0 Å². The number of unbranched alkanes of at least 4 members (excludes halogenated alkanes) is 3. The average molecular weight is 277 g/mol. The fraction of sp³-hybridized carbons (Fsp3) is 0.625. The Hall–Kier alpha value is -1.58. The second-order valence-electron chi connectivity index (χ2n) is 5.53. The zero-order chi connectivity index (χ0) is 15.0. The Morgan fingerprint density at radius 1 is 1.30 bits per heavy atom. The lowest BCUT2D eigenvalue weighted by Gasteiger charge is -2.15. The predicted octanol–water partition coefficient (Wildman–Crippen LogP) is 3.55. The van der Waals surface area contributed by atoms with E-state index in [0.29, 0.717) is 11.6 Å². The smallest absolute Gasteiger partial charge is 0.254 e. The van der Waals surface area contributed by atoms with Gasteiger partial charge in [-0.05, 0) is 25.5 Å². The lowest BCUT2D eigenvalue weighted by molar-refractivity contribution is 0.0827. The summed E-state index contributed by atoms with van der Waals surface area (Å²) in [5.41, 5.74) is 0.621. The van der Waals surface area contributed by atoms with Crippen molar-refractivity contribution < 1.29 is 4.79 Å². The number of pyridine rings is 1. The molecule has 0 aliphatic rings. The first-order valence-corrected chi connectivity index (χ1v) is 7.48. The van der Waals surface area contributed by atoms with E-state index in [4.69, 9.17) is 0 Å². The third-order valence-electron chi connectivity index (χ3n) is 3.30. The monoisotopic (exact) mass is 277 g/mol. The van der Waals surface area contributed by atoms with Gasteiger partial charge in [0.05, 0.1) is 5.56 Å². The number of nitrogens with one attached hydrogen (secondary N) is 1. The molecule has 1 amide bonds. The molecule has 1 N–H and O–H groups in total. The minimum atomic E-state index is -0.0170. The number of carbonyl (C=O) groups is 1. The van der Waals surface area contributed by atoms with Crippen LogP contribution < -0.4 is 5.32 Å². The van der Waals surface area contributed by atoms with Gasteiger partial charge in [0.2, 0.25) is 0 Å². The molecular formula is C16H27N3O. The quantitative estimate of drug-likeness (QED) is 0.739. The predicted molar refractivity (Wildman–Crippen MR) is 84.1 cm³/mol. The first-order chi connectivity index (χ1) is 9.54. The number of rotatable bonds is 8. The topological polar surface area (TPSA) is 45.2 Å². The van der Waals surface area contributed by atoms with Gasteiger partial charge in [0.25, 0.3) is 5.91 Å². The Bertz CT molecular complexity index is 401. The highest BCUT2D eigenvalue weighted by atomic mass is 16.2. The highest BCUT2D eigenvalue weighted by molar-refractivity contribution is 5.93. The highest BCUT2D eigenvalue weighted by Crippen LogP contribution is 2.11. The van der Waals surface area contributed by atoms with Gasteiger partial charge in [-0.3, -0.25) is 4.79 Å². The molecule has 1 aromatic rings. The summed E-state index contributed by atoms with van der Waals surface area (Å²) in [4.78, 5) is 17.6. The highest BCUT2D eigenvalue weighted by Gasteiger charge is 2.08. The van der Waals surface area contributed by atoms with Crippen LogP contribution in [0.3, 0.4) is 0 Å². The van der Waals surface area contributed by atoms with Gasteiger partial charge in [-0.1, -0.05) is 32.6 Å². The van der Waals surface area contributed by atoms with E-state index >= 15 is 0 Å². The number of aromatic nitrogens is 1. The maximum absolute atomic E-state index is 11.7. The standard InChI is InChI=1S/C16H27N3O/c1-5-6-7-8-9-13(2)18-15-11-10-14(12-17-15)16(20)19(3)4/h10-13H,5-9H2,1-4H3,(H,17,18). The molecule has 0 saturated heterocycles. The molecule has 20 heavy (non-hydrogen) atoms. The lowest BCUT2D eigenvalue weighted by Crippen LogP contribution is -2.22. The first-order valence-electron chi connectivity index (χ1n) is 7.48. The fourth-order valence-electron chi connectivity index (χ4n) is 2.07. The molecule has 0 aliphatic carbocycles. The average Bonchev–Trinajstić information content (AvgIpc) is 2.43. The zero-order valence-corrected chi connectivity index (χ0v) is 13.1. The maximum Gasteiger partial charge on any atom is 0.254 e. The Kier molecular flexibility index (Phi) is 7.05. The molecule has 1 rings (SSSR count). The molecule has 4 nitrogen and oxygen atoms in total.